The minimum atomic E-state index is -0.495. The number of halogens is 1. The Morgan fingerprint density at radius 1 is 1.11 bits per heavy atom. The summed E-state index contributed by atoms with van der Waals surface area (Å²) in [6.07, 6.45) is 0.593. The predicted molar refractivity (Wildman–Crippen MR) is 72.5 cm³/mol. The van der Waals surface area contributed by atoms with Crippen molar-refractivity contribution in [3.8, 4) is 0 Å². The first kappa shape index (κ1) is 13.2. The van der Waals surface area contributed by atoms with Gasteiger partial charge in [0, 0.05) is 17.7 Å². The summed E-state index contributed by atoms with van der Waals surface area (Å²) in [5, 5.41) is 10.0. The van der Waals surface area contributed by atoms with E-state index < -0.39 is 10.2 Å². The normalized spacial score (nSPS) is 10.2. The molecule has 0 aliphatic heterocycles. The second-order valence-corrected chi connectivity index (χ2v) is 4.42. The van der Waals surface area contributed by atoms with Crippen molar-refractivity contribution in [3.63, 3.8) is 0 Å². The number of benzene rings is 2. The Hall–Kier alpha value is -2.20. The lowest BCUT2D eigenvalue weighted by Crippen LogP contribution is -1.94. The Balaban J connectivity index is 2.19. The summed E-state index contributed by atoms with van der Waals surface area (Å²) < 4.78 is 0. The van der Waals surface area contributed by atoms with E-state index in [-0.39, 0.29) is 5.69 Å². The molecule has 0 saturated carbocycles. The molecule has 0 aliphatic carbocycles. The number of carbonyl (C=O) groups is 1. The van der Waals surface area contributed by atoms with Gasteiger partial charge in [0.2, 0.25) is 0 Å². The number of nitrogens with zero attached hydrogens (tertiary/aromatic N) is 1. The second kappa shape index (κ2) is 5.63. The van der Waals surface area contributed by atoms with Crippen LogP contribution in [0.5, 0.6) is 0 Å². The van der Waals surface area contributed by atoms with Crippen LogP contribution in [0.15, 0.2) is 48.5 Å². The summed E-state index contributed by atoms with van der Waals surface area (Å²) in [5.41, 5.74) is 2.37. The second-order valence-electron chi connectivity index (χ2n) is 4.07. The fraction of sp³-hybridized carbons (Fsp3) is 0.0714. The smallest absolute Gasteiger partial charge is 0.269 e. The quantitative estimate of drug-likeness (QED) is 0.487. The first-order chi connectivity index (χ1) is 9.06. The maximum Gasteiger partial charge on any atom is 0.269 e. The highest BCUT2D eigenvalue weighted by atomic mass is 35.5. The summed E-state index contributed by atoms with van der Waals surface area (Å²) in [7, 11) is 0. The third-order valence-electron chi connectivity index (χ3n) is 2.71. The molecule has 5 heteroatoms. The molecular formula is C14H10ClNO3. The zero-order valence-electron chi connectivity index (χ0n) is 9.88. The molecule has 0 aliphatic rings. The van der Waals surface area contributed by atoms with Crippen LogP contribution in [0.2, 0.25) is 0 Å². The zero-order chi connectivity index (χ0) is 13.8. The molecule has 0 aromatic heterocycles. The van der Waals surface area contributed by atoms with Gasteiger partial charge in [0.25, 0.3) is 10.9 Å². The number of carbonyl (C=O) groups excluding carboxylic acids is 1. The molecule has 96 valence electrons. The number of hydrogen-bond acceptors (Lipinski definition) is 3. The molecule has 19 heavy (non-hydrogen) atoms. The number of nitro benzene ring substituents is 1. The van der Waals surface area contributed by atoms with E-state index in [1.807, 2.05) is 6.07 Å². The predicted octanol–water partition coefficient (Wildman–Crippen LogP) is 3.56. The molecule has 0 fully saturated rings. The Morgan fingerprint density at radius 3 is 2.37 bits per heavy atom. The Bertz CT molecular complexity index is 623. The SMILES string of the molecule is O=C(Cl)c1cccc(Cc2ccc([N+](=O)[O-])cc2)c1. The maximum absolute atomic E-state index is 11.1. The monoisotopic (exact) mass is 275 g/mol. The first-order valence-electron chi connectivity index (χ1n) is 5.58. The van der Waals surface area contributed by atoms with Crippen molar-refractivity contribution in [2.45, 2.75) is 6.42 Å². The highest BCUT2D eigenvalue weighted by molar-refractivity contribution is 6.67. The molecule has 0 bridgehead atoms. The van der Waals surface area contributed by atoms with Crippen LogP contribution in [0.3, 0.4) is 0 Å². The molecule has 2 rings (SSSR count). The van der Waals surface area contributed by atoms with Gasteiger partial charge in [-0.05, 0) is 35.2 Å². The summed E-state index contributed by atoms with van der Waals surface area (Å²) in [4.78, 5) is 21.2. The van der Waals surface area contributed by atoms with Crippen LogP contribution in [0.1, 0.15) is 21.5 Å². The molecule has 2 aromatic carbocycles. The van der Waals surface area contributed by atoms with Gasteiger partial charge in [0.15, 0.2) is 0 Å². The van der Waals surface area contributed by atoms with Crippen LogP contribution in [0.4, 0.5) is 5.69 Å². The maximum atomic E-state index is 11.1. The van der Waals surface area contributed by atoms with Crippen LogP contribution >= 0.6 is 11.6 Å². The molecule has 0 radical (unpaired) electrons. The van der Waals surface area contributed by atoms with Gasteiger partial charge in [0.1, 0.15) is 0 Å². The first-order valence-corrected chi connectivity index (χ1v) is 5.96. The summed E-state index contributed by atoms with van der Waals surface area (Å²) >= 11 is 5.42. The van der Waals surface area contributed by atoms with E-state index in [9.17, 15) is 14.9 Å². The highest BCUT2D eigenvalue weighted by Gasteiger charge is 2.06. The molecule has 2 aromatic rings. The minimum absolute atomic E-state index is 0.0634. The Labute approximate surface area is 114 Å². The summed E-state index contributed by atoms with van der Waals surface area (Å²) in [5.74, 6) is 0. The lowest BCUT2D eigenvalue weighted by molar-refractivity contribution is -0.384. The number of rotatable bonds is 4. The van der Waals surface area contributed by atoms with Crippen LogP contribution < -0.4 is 0 Å². The summed E-state index contributed by atoms with van der Waals surface area (Å²) in [6.45, 7) is 0. The van der Waals surface area contributed by atoms with Crippen molar-refractivity contribution in [1.29, 1.82) is 0 Å². The average Bonchev–Trinajstić information content (AvgIpc) is 2.39. The molecule has 0 heterocycles. The lowest BCUT2D eigenvalue weighted by atomic mass is 10.0. The van der Waals surface area contributed by atoms with Gasteiger partial charge in [-0.3, -0.25) is 14.9 Å². The minimum Gasteiger partial charge on any atom is -0.276 e. The van der Waals surface area contributed by atoms with Gasteiger partial charge in [-0.15, -0.1) is 0 Å². The molecule has 0 saturated heterocycles. The van der Waals surface area contributed by atoms with Crippen molar-refractivity contribution >= 4 is 22.5 Å². The Kier molecular flexibility index (Phi) is 3.92. The van der Waals surface area contributed by atoms with E-state index in [0.717, 1.165) is 11.1 Å². The van der Waals surface area contributed by atoms with E-state index >= 15 is 0 Å². The fourth-order valence-electron chi connectivity index (χ4n) is 1.77. The molecular weight excluding hydrogens is 266 g/mol. The van der Waals surface area contributed by atoms with E-state index in [1.165, 1.54) is 12.1 Å². The highest BCUT2D eigenvalue weighted by Crippen LogP contribution is 2.16. The van der Waals surface area contributed by atoms with Gasteiger partial charge in [0.05, 0.1) is 4.92 Å². The molecule has 0 amide bonds. The lowest BCUT2D eigenvalue weighted by Gasteiger charge is -2.03. The van der Waals surface area contributed by atoms with Crippen LogP contribution in [0, 0.1) is 10.1 Å². The van der Waals surface area contributed by atoms with E-state index in [2.05, 4.69) is 0 Å². The van der Waals surface area contributed by atoms with Crippen LogP contribution in [-0.4, -0.2) is 10.2 Å². The third-order valence-corrected chi connectivity index (χ3v) is 2.93. The average molecular weight is 276 g/mol. The molecule has 0 spiro atoms. The largest absolute Gasteiger partial charge is 0.276 e. The molecule has 4 nitrogen and oxygen atoms in total. The standard InChI is InChI=1S/C14H10ClNO3/c15-14(17)12-3-1-2-11(9-12)8-10-4-6-13(7-5-10)16(18)19/h1-7,9H,8H2. The van der Waals surface area contributed by atoms with Gasteiger partial charge < -0.3 is 0 Å². The van der Waals surface area contributed by atoms with Crippen molar-refractivity contribution in [3.05, 3.63) is 75.3 Å². The van der Waals surface area contributed by atoms with E-state index in [0.29, 0.717) is 12.0 Å². The number of hydrogen-bond donors (Lipinski definition) is 0. The third kappa shape index (κ3) is 3.39. The number of nitro groups is 1. The molecule has 0 unspecified atom stereocenters. The van der Waals surface area contributed by atoms with Crippen molar-refractivity contribution < 1.29 is 9.72 Å². The zero-order valence-corrected chi connectivity index (χ0v) is 10.6. The van der Waals surface area contributed by atoms with Crippen LogP contribution in [0.25, 0.3) is 0 Å². The van der Waals surface area contributed by atoms with E-state index in [1.54, 1.807) is 30.3 Å². The van der Waals surface area contributed by atoms with Gasteiger partial charge in [-0.2, -0.15) is 0 Å². The molecule has 0 atom stereocenters. The molecule has 0 N–H and O–H groups in total. The fourth-order valence-corrected chi connectivity index (χ4v) is 1.89. The van der Waals surface area contributed by atoms with Crippen molar-refractivity contribution in [2.24, 2.45) is 0 Å². The van der Waals surface area contributed by atoms with Gasteiger partial charge >= 0.3 is 0 Å². The van der Waals surface area contributed by atoms with Crippen molar-refractivity contribution in [2.75, 3.05) is 0 Å². The van der Waals surface area contributed by atoms with Crippen LogP contribution in [-0.2, 0) is 6.42 Å². The van der Waals surface area contributed by atoms with E-state index in [4.69, 9.17) is 11.6 Å². The Morgan fingerprint density at radius 2 is 1.79 bits per heavy atom. The summed E-state index contributed by atoms with van der Waals surface area (Å²) in [6, 6.07) is 13.3. The number of non-ortho nitro benzene ring substituents is 1. The topological polar surface area (TPSA) is 60.2 Å². The van der Waals surface area contributed by atoms with Gasteiger partial charge in [-0.25, -0.2) is 0 Å². The van der Waals surface area contributed by atoms with Gasteiger partial charge in [-0.1, -0.05) is 30.3 Å². The van der Waals surface area contributed by atoms with Crippen molar-refractivity contribution in [1.82, 2.24) is 0 Å².